The first-order chi connectivity index (χ1) is 12.4. The minimum atomic E-state index is -0.740. The molecule has 0 saturated heterocycles. The highest BCUT2D eigenvalue weighted by molar-refractivity contribution is 9.10. The standard InChI is InChI=1S/C18H18BrNO6/c1-9-3-14(21)16(18(23)20-9)12(6-15(22)24-2)13-5-11(19)4-10-7-25-8-26-17(10)13/h3-5,12H,6-8H2,1-2H3,(H2,20,21,23)/t12-/m1/s1. The van der Waals surface area contributed by atoms with Crippen LogP contribution >= 0.6 is 15.9 Å². The van der Waals surface area contributed by atoms with Crippen molar-refractivity contribution in [3.05, 3.63) is 55.4 Å². The number of H-pyrrole nitrogens is 1. The van der Waals surface area contributed by atoms with Gasteiger partial charge in [0.05, 0.1) is 25.7 Å². The molecule has 2 N–H and O–H groups in total. The third-order valence-corrected chi connectivity index (χ3v) is 4.67. The molecule has 3 rings (SSSR count). The quantitative estimate of drug-likeness (QED) is 0.733. The van der Waals surface area contributed by atoms with Gasteiger partial charge in [-0.2, -0.15) is 0 Å². The molecule has 0 amide bonds. The summed E-state index contributed by atoms with van der Waals surface area (Å²) < 4.78 is 16.5. The smallest absolute Gasteiger partial charge is 0.306 e. The molecule has 26 heavy (non-hydrogen) atoms. The molecule has 0 bridgehead atoms. The highest BCUT2D eigenvalue weighted by Gasteiger charge is 2.30. The van der Waals surface area contributed by atoms with Gasteiger partial charge in [0, 0.05) is 27.2 Å². The molecule has 1 atom stereocenters. The largest absolute Gasteiger partial charge is 0.507 e. The summed E-state index contributed by atoms with van der Waals surface area (Å²) in [6.07, 6.45) is -0.122. The van der Waals surface area contributed by atoms with E-state index in [-0.39, 0.29) is 24.5 Å². The number of benzene rings is 1. The number of hydrogen-bond acceptors (Lipinski definition) is 6. The molecule has 0 unspecified atom stereocenters. The van der Waals surface area contributed by atoms with Crippen molar-refractivity contribution in [3.8, 4) is 11.5 Å². The van der Waals surface area contributed by atoms with Crippen molar-refractivity contribution in [1.29, 1.82) is 0 Å². The summed E-state index contributed by atoms with van der Waals surface area (Å²) in [5, 5.41) is 10.4. The Morgan fingerprint density at radius 3 is 2.88 bits per heavy atom. The van der Waals surface area contributed by atoms with Gasteiger partial charge in [0.25, 0.3) is 5.56 Å². The van der Waals surface area contributed by atoms with Crippen molar-refractivity contribution < 1.29 is 24.1 Å². The third kappa shape index (κ3) is 3.61. The van der Waals surface area contributed by atoms with Crippen LogP contribution in [0.1, 0.15) is 34.7 Å². The number of aromatic nitrogens is 1. The number of aryl methyl sites for hydroxylation is 1. The average Bonchev–Trinajstić information content (AvgIpc) is 2.59. The van der Waals surface area contributed by atoms with Gasteiger partial charge in [0.1, 0.15) is 11.5 Å². The Hall–Kier alpha value is -2.32. The van der Waals surface area contributed by atoms with E-state index in [0.29, 0.717) is 23.6 Å². The molecule has 2 aromatic rings. The van der Waals surface area contributed by atoms with Crippen molar-refractivity contribution in [1.82, 2.24) is 4.98 Å². The summed E-state index contributed by atoms with van der Waals surface area (Å²) in [5.41, 5.74) is 1.55. The number of carbonyl (C=O) groups is 1. The maximum absolute atomic E-state index is 12.6. The van der Waals surface area contributed by atoms with E-state index >= 15 is 0 Å². The Bertz CT molecular complexity index is 907. The number of carbonyl (C=O) groups excluding carboxylic acids is 1. The number of halogens is 1. The number of aromatic hydroxyl groups is 1. The zero-order chi connectivity index (χ0) is 18.8. The maximum atomic E-state index is 12.6. The molecular weight excluding hydrogens is 406 g/mol. The molecule has 8 heteroatoms. The molecule has 0 fully saturated rings. The van der Waals surface area contributed by atoms with Crippen LogP contribution in [0, 0.1) is 6.92 Å². The van der Waals surface area contributed by atoms with E-state index in [9.17, 15) is 14.7 Å². The van der Waals surface area contributed by atoms with Crippen molar-refractivity contribution in [2.75, 3.05) is 13.9 Å². The van der Waals surface area contributed by atoms with E-state index in [1.54, 1.807) is 13.0 Å². The lowest BCUT2D eigenvalue weighted by molar-refractivity contribution is -0.140. The molecule has 1 aromatic carbocycles. The highest BCUT2D eigenvalue weighted by atomic mass is 79.9. The summed E-state index contributed by atoms with van der Waals surface area (Å²) in [7, 11) is 1.28. The SMILES string of the molecule is COC(=O)C[C@H](c1cc(Br)cc2c1OCOC2)c1c(O)cc(C)[nH]c1=O. The number of ether oxygens (including phenoxy) is 3. The summed E-state index contributed by atoms with van der Waals surface area (Å²) in [4.78, 5) is 27.2. The second kappa shape index (κ2) is 7.51. The number of methoxy groups -OCH3 is 1. The zero-order valence-corrected chi connectivity index (χ0v) is 15.9. The Morgan fingerprint density at radius 1 is 1.42 bits per heavy atom. The van der Waals surface area contributed by atoms with E-state index in [0.717, 1.165) is 10.0 Å². The average molecular weight is 424 g/mol. The number of hydrogen-bond donors (Lipinski definition) is 2. The lowest BCUT2D eigenvalue weighted by atomic mass is 9.86. The maximum Gasteiger partial charge on any atom is 0.306 e. The predicted molar refractivity (Wildman–Crippen MR) is 96.4 cm³/mol. The van der Waals surface area contributed by atoms with Gasteiger partial charge in [-0.25, -0.2) is 0 Å². The van der Waals surface area contributed by atoms with Crippen LogP contribution in [0.15, 0.2) is 27.5 Å². The first-order valence-electron chi connectivity index (χ1n) is 7.93. The van der Waals surface area contributed by atoms with Gasteiger partial charge in [0.2, 0.25) is 0 Å². The van der Waals surface area contributed by atoms with Crippen LogP contribution in [-0.4, -0.2) is 30.0 Å². The van der Waals surface area contributed by atoms with Crippen LogP contribution in [0.2, 0.25) is 0 Å². The summed E-state index contributed by atoms with van der Waals surface area (Å²) in [6.45, 7) is 2.09. The van der Waals surface area contributed by atoms with Gasteiger partial charge >= 0.3 is 5.97 Å². The zero-order valence-electron chi connectivity index (χ0n) is 14.3. The van der Waals surface area contributed by atoms with E-state index < -0.39 is 17.4 Å². The van der Waals surface area contributed by atoms with E-state index in [1.807, 2.05) is 6.07 Å². The number of pyridine rings is 1. The number of nitrogens with one attached hydrogen (secondary N) is 1. The van der Waals surface area contributed by atoms with Gasteiger partial charge in [-0.1, -0.05) is 15.9 Å². The molecule has 1 aliphatic rings. The minimum Gasteiger partial charge on any atom is -0.507 e. The van der Waals surface area contributed by atoms with E-state index in [1.165, 1.54) is 13.2 Å². The molecule has 0 saturated carbocycles. The normalized spacial score (nSPS) is 14.3. The molecule has 2 heterocycles. The Labute approximate surface area is 158 Å². The Balaban J connectivity index is 2.22. The van der Waals surface area contributed by atoms with Gasteiger partial charge in [0.15, 0.2) is 6.79 Å². The number of aromatic amines is 1. The van der Waals surface area contributed by atoms with Crippen LogP contribution in [0.3, 0.4) is 0 Å². The predicted octanol–water partition coefficient (Wildman–Crippen LogP) is 2.71. The van der Waals surface area contributed by atoms with Crippen LogP contribution in [0.4, 0.5) is 0 Å². The van der Waals surface area contributed by atoms with Crippen LogP contribution in [0.25, 0.3) is 0 Å². The molecule has 0 aliphatic carbocycles. The number of fused-ring (bicyclic) bond motifs is 1. The summed E-state index contributed by atoms with van der Waals surface area (Å²) in [6, 6.07) is 5.08. The molecule has 7 nitrogen and oxygen atoms in total. The monoisotopic (exact) mass is 423 g/mol. The first-order valence-corrected chi connectivity index (χ1v) is 8.72. The van der Waals surface area contributed by atoms with Crippen molar-refractivity contribution in [3.63, 3.8) is 0 Å². The van der Waals surface area contributed by atoms with Crippen molar-refractivity contribution in [2.45, 2.75) is 25.9 Å². The first kappa shape index (κ1) is 18.5. The van der Waals surface area contributed by atoms with Gasteiger partial charge in [-0.3, -0.25) is 9.59 Å². The van der Waals surface area contributed by atoms with Crippen molar-refractivity contribution >= 4 is 21.9 Å². The fourth-order valence-corrected chi connectivity index (χ4v) is 3.63. The molecule has 1 aromatic heterocycles. The lowest BCUT2D eigenvalue weighted by Crippen LogP contribution is -2.22. The molecule has 0 radical (unpaired) electrons. The summed E-state index contributed by atoms with van der Waals surface area (Å²) >= 11 is 3.44. The summed E-state index contributed by atoms with van der Waals surface area (Å²) in [5.74, 6) is -0.875. The minimum absolute atomic E-state index is 0.0722. The molecule has 0 spiro atoms. The van der Waals surface area contributed by atoms with E-state index in [4.69, 9.17) is 14.2 Å². The topological polar surface area (TPSA) is 97.8 Å². The van der Waals surface area contributed by atoms with Gasteiger partial charge in [-0.05, 0) is 25.1 Å². The second-order valence-corrected chi connectivity index (χ2v) is 6.92. The van der Waals surface area contributed by atoms with E-state index in [2.05, 4.69) is 20.9 Å². The molecular formula is C18H18BrNO6. The van der Waals surface area contributed by atoms with Gasteiger partial charge in [-0.15, -0.1) is 0 Å². The number of esters is 1. The molecule has 138 valence electrons. The second-order valence-electron chi connectivity index (χ2n) is 6.01. The van der Waals surface area contributed by atoms with Crippen LogP contribution in [0.5, 0.6) is 11.5 Å². The Morgan fingerprint density at radius 2 is 2.19 bits per heavy atom. The Kier molecular flexibility index (Phi) is 5.33. The van der Waals surface area contributed by atoms with Gasteiger partial charge < -0.3 is 24.3 Å². The third-order valence-electron chi connectivity index (χ3n) is 4.21. The fourth-order valence-electron chi connectivity index (χ4n) is 3.10. The fraction of sp³-hybridized carbons (Fsp3) is 0.333. The lowest BCUT2D eigenvalue weighted by Gasteiger charge is -2.25. The number of rotatable bonds is 4. The van der Waals surface area contributed by atoms with Crippen molar-refractivity contribution in [2.24, 2.45) is 0 Å². The van der Waals surface area contributed by atoms with Crippen LogP contribution < -0.4 is 10.3 Å². The van der Waals surface area contributed by atoms with Crippen LogP contribution in [-0.2, 0) is 20.9 Å². The highest BCUT2D eigenvalue weighted by Crippen LogP contribution is 2.41. The molecule has 1 aliphatic heterocycles.